The number of para-hydroxylation sites is 1. The highest BCUT2D eigenvalue weighted by molar-refractivity contribution is 6.05. The van der Waals surface area contributed by atoms with Crippen molar-refractivity contribution < 1.29 is 9.18 Å². The van der Waals surface area contributed by atoms with Gasteiger partial charge in [0, 0.05) is 18.5 Å². The standard InChI is InChI=1S/C17H16FN3O/c1-2-21(11-12-5-3-7-14(18)9-12)17(22)15-8-4-6-13-10-19-20-16(13)15/h3-10H,2,11H2,1H3,(H,19,20). The fraction of sp³-hybridized carbons (Fsp3) is 0.176. The second kappa shape index (κ2) is 5.97. The Kier molecular flexibility index (Phi) is 3.87. The predicted octanol–water partition coefficient (Wildman–Crippen LogP) is 3.36. The van der Waals surface area contributed by atoms with Gasteiger partial charge in [-0.05, 0) is 30.7 Å². The number of nitrogens with zero attached hydrogens (tertiary/aromatic N) is 2. The number of benzene rings is 2. The quantitative estimate of drug-likeness (QED) is 0.802. The van der Waals surface area contributed by atoms with Crippen LogP contribution in [0.4, 0.5) is 4.39 Å². The number of H-pyrrole nitrogens is 1. The predicted molar refractivity (Wildman–Crippen MR) is 82.9 cm³/mol. The molecular weight excluding hydrogens is 281 g/mol. The van der Waals surface area contributed by atoms with Gasteiger partial charge in [0.05, 0.1) is 17.3 Å². The van der Waals surface area contributed by atoms with Crippen LogP contribution in [0.2, 0.25) is 0 Å². The lowest BCUT2D eigenvalue weighted by Crippen LogP contribution is -2.30. The summed E-state index contributed by atoms with van der Waals surface area (Å²) in [7, 11) is 0. The number of hydrogen-bond acceptors (Lipinski definition) is 2. The summed E-state index contributed by atoms with van der Waals surface area (Å²) >= 11 is 0. The maximum Gasteiger partial charge on any atom is 0.256 e. The molecule has 0 atom stereocenters. The summed E-state index contributed by atoms with van der Waals surface area (Å²) < 4.78 is 13.3. The van der Waals surface area contributed by atoms with Crippen molar-refractivity contribution >= 4 is 16.8 Å². The van der Waals surface area contributed by atoms with E-state index in [9.17, 15) is 9.18 Å². The fourth-order valence-corrected chi connectivity index (χ4v) is 2.50. The molecule has 4 nitrogen and oxygen atoms in total. The van der Waals surface area contributed by atoms with Gasteiger partial charge in [0.15, 0.2) is 0 Å². The zero-order valence-corrected chi connectivity index (χ0v) is 12.2. The molecule has 0 fully saturated rings. The second-order valence-electron chi connectivity index (χ2n) is 5.09. The van der Waals surface area contributed by atoms with Gasteiger partial charge in [0.25, 0.3) is 5.91 Å². The lowest BCUT2D eigenvalue weighted by atomic mass is 10.1. The third kappa shape index (κ3) is 2.70. The lowest BCUT2D eigenvalue weighted by Gasteiger charge is -2.21. The van der Waals surface area contributed by atoms with Gasteiger partial charge in [0.2, 0.25) is 0 Å². The van der Waals surface area contributed by atoms with Crippen molar-refractivity contribution in [2.24, 2.45) is 0 Å². The molecule has 3 rings (SSSR count). The number of aromatic amines is 1. The van der Waals surface area contributed by atoms with Crippen LogP contribution >= 0.6 is 0 Å². The Morgan fingerprint density at radius 2 is 2.09 bits per heavy atom. The molecule has 5 heteroatoms. The maximum absolute atomic E-state index is 13.3. The Bertz CT molecular complexity index is 812. The van der Waals surface area contributed by atoms with Gasteiger partial charge in [-0.25, -0.2) is 4.39 Å². The van der Waals surface area contributed by atoms with Crippen molar-refractivity contribution in [3.8, 4) is 0 Å². The SMILES string of the molecule is CCN(Cc1cccc(F)c1)C(=O)c1cccc2cn[nH]c12. The smallest absolute Gasteiger partial charge is 0.256 e. The number of rotatable bonds is 4. The minimum atomic E-state index is -0.295. The largest absolute Gasteiger partial charge is 0.335 e. The molecule has 0 unspecified atom stereocenters. The van der Waals surface area contributed by atoms with E-state index in [-0.39, 0.29) is 11.7 Å². The normalized spacial score (nSPS) is 10.8. The Labute approximate surface area is 127 Å². The molecule has 0 radical (unpaired) electrons. The van der Waals surface area contributed by atoms with Crippen LogP contribution in [-0.2, 0) is 6.54 Å². The van der Waals surface area contributed by atoms with Crippen LogP contribution in [0.3, 0.4) is 0 Å². The van der Waals surface area contributed by atoms with E-state index in [0.29, 0.717) is 18.7 Å². The molecule has 1 aromatic heterocycles. The molecule has 0 saturated carbocycles. The monoisotopic (exact) mass is 297 g/mol. The average molecular weight is 297 g/mol. The van der Waals surface area contributed by atoms with Gasteiger partial charge in [-0.15, -0.1) is 0 Å². The van der Waals surface area contributed by atoms with E-state index in [1.165, 1.54) is 12.1 Å². The van der Waals surface area contributed by atoms with Crippen molar-refractivity contribution in [1.29, 1.82) is 0 Å². The van der Waals surface area contributed by atoms with E-state index >= 15 is 0 Å². The van der Waals surface area contributed by atoms with Crippen LogP contribution in [0.25, 0.3) is 10.9 Å². The van der Waals surface area contributed by atoms with Crippen molar-refractivity contribution in [3.63, 3.8) is 0 Å². The fourth-order valence-electron chi connectivity index (χ4n) is 2.50. The summed E-state index contributed by atoms with van der Waals surface area (Å²) in [6, 6.07) is 11.8. The zero-order chi connectivity index (χ0) is 15.5. The first-order valence-electron chi connectivity index (χ1n) is 7.15. The second-order valence-corrected chi connectivity index (χ2v) is 5.09. The Balaban J connectivity index is 1.90. The molecule has 0 aliphatic heterocycles. The van der Waals surface area contributed by atoms with Crippen LogP contribution < -0.4 is 0 Å². The van der Waals surface area contributed by atoms with Crippen LogP contribution in [-0.4, -0.2) is 27.5 Å². The topological polar surface area (TPSA) is 49.0 Å². The lowest BCUT2D eigenvalue weighted by molar-refractivity contribution is 0.0754. The molecule has 3 aromatic rings. The van der Waals surface area contributed by atoms with E-state index in [4.69, 9.17) is 0 Å². The molecule has 1 amide bonds. The molecule has 112 valence electrons. The van der Waals surface area contributed by atoms with Gasteiger partial charge in [0.1, 0.15) is 5.82 Å². The molecule has 0 aliphatic carbocycles. The zero-order valence-electron chi connectivity index (χ0n) is 12.2. The van der Waals surface area contributed by atoms with Crippen molar-refractivity contribution in [2.45, 2.75) is 13.5 Å². The number of carbonyl (C=O) groups excluding carboxylic acids is 1. The van der Waals surface area contributed by atoms with Gasteiger partial charge in [-0.2, -0.15) is 5.10 Å². The van der Waals surface area contributed by atoms with Crippen molar-refractivity contribution in [2.75, 3.05) is 6.54 Å². The number of aromatic nitrogens is 2. The summed E-state index contributed by atoms with van der Waals surface area (Å²) in [5, 5.41) is 7.74. The molecule has 0 saturated heterocycles. The maximum atomic E-state index is 13.3. The van der Waals surface area contributed by atoms with Gasteiger partial charge >= 0.3 is 0 Å². The van der Waals surface area contributed by atoms with E-state index in [0.717, 1.165) is 16.5 Å². The Morgan fingerprint density at radius 1 is 1.27 bits per heavy atom. The highest BCUT2D eigenvalue weighted by Gasteiger charge is 2.18. The third-order valence-electron chi connectivity index (χ3n) is 3.64. The summed E-state index contributed by atoms with van der Waals surface area (Å²) in [5.74, 6) is -0.390. The van der Waals surface area contributed by atoms with E-state index in [2.05, 4.69) is 10.2 Å². The third-order valence-corrected chi connectivity index (χ3v) is 3.64. The molecule has 0 aliphatic rings. The van der Waals surface area contributed by atoms with Crippen LogP contribution in [0.5, 0.6) is 0 Å². The summed E-state index contributed by atoms with van der Waals surface area (Å²) in [5.41, 5.74) is 2.07. The first kappa shape index (κ1) is 14.3. The molecule has 2 aromatic carbocycles. The van der Waals surface area contributed by atoms with Gasteiger partial charge in [-0.3, -0.25) is 9.89 Å². The summed E-state index contributed by atoms with van der Waals surface area (Å²) in [6.07, 6.45) is 1.69. The average Bonchev–Trinajstić information content (AvgIpc) is 3.00. The van der Waals surface area contributed by atoms with Crippen LogP contribution in [0.15, 0.2) is 48.7 Å². The van der Waals surface area contributed by atoms with E-state index in [1.807, 2.05) is 25.1 Å². The van der Waals surface area contributed by atoms with Crippen molar-refractivity contribution in [3.05, 3.63) is 65.6 Å². The van der Waals surface area contributed by atoms with Crippen LogP contribution in [0.1, 0.15) is 22.8 Å². The number of fused-ring (bicyclic) bond motifs is 1. The summed E-state index contributed by atoms with van der Waals surface area (Å²) in [4.78, 5) is 14.4. The molecule has 0 spiro atoms. The number of hydrogen-bond donors (Lipinski definition) is 1. The van der Waals surface area contributed by atoms with E-state index in [1.54, 1.807) is 23.2 Å². The Morgan fingerprint density at radius 3 is 2.86 bits per heavy atom. The van der Waals surface area contributed by atoms with Gasteiger partial charge < -0.3 is 4.90 Å². The number of nitrogens with one attached hydrogen (secondary N) is 1. The first-order chi connectivity index (χ1) is 10.7. The number of amides is 1. The molecular formula is C17H16FN3O. The summed E-state index contributed by atoms with van der Waals surface area (Å²) in [6.45, 7) is 2.82. The molecule has 0 bridgehead atoms. The minimum absolute atomic E-state index is 0.0957. The molecule has 1 heterocycles. The highest BCUT2D eigenvalue weighted by atomic mass is 19.1. The highest BCUT2D eigenvalue weighted by Crippen LogP contribution is 2.18. The molecule has 22 heavy (non-hydrogen) atoms. The molecule has 1 N–H and O–H groups in total. The Hall–Kier alpha value is -2.69. The first-order valence-corrected chi connectivity index (χ1v) is 7.15. The van der Waals surface area contributed by atoms with Crippen molar-refractivity contribution in [1.82, 2.24) is 15.1 Å². The number of carbonyl (C=O) groups is 1. The van der Waals surface area contributed by atoms with E-state index < -0.39 is 0 Å². The number of halogens is 1. The van der Waals surface area contributed by atoms with Crippen LogP contribution in [0, 0.1) is 5.82 Å². The minimum Gasteiger partial charge on any atom is -0.335 e. The van der Waals surface area contributed by atoms with Gasteiger partial charge in [-0.1, -0.05) is 24.3 Å².